The van der Waals surface area contributed by atoms with Gasteiger partial charge in [-0.1, -0.05) is 33.6 Å². The second-order valence-corrected chi connectivity index (χ2v) is 8.01. The van der Waals surface area contributed by atoms with Crippen LogP contribution in [0.25, 0.3) is 5.76 Å². The number of aliphatic hydroxyl groups is 1. The molecule has 1 saturated heterocycles. The van der Waals surface area contributed by atoms with Gasteiger partial charge in [0, 0.05) is 15.7 Å². The molecule has 1 unspecified atom stereocenters. The summed E-state index contributed by atoms with van der Waals surface area (Å²) in [6.45, 7) is 1.84. The predicted molar refractivity (Wildman–Crippen MR) is 114 cm³/mol. The largest absolute Gasteiger partial charge is 0.507 e. The van der Waals surface area contributed by atoms with E-state index in [0.717, 1.165) is 21.0 Å². The van der Waals surface area contributed by atoms with Crippen LogP contribution in [0.1, 0.15) is 22.9 Å². The van der Waals surface area contributed by atoms with E-state index >= 15 is 0 Å². The minimum atomic E-state index is -1.04. The predicted octanol–water partition coefficient (Wildman–Crippen LogP) is 5.77. The first-order chi connectivity index (χ1) is 14.3. The van der Waals surface area contributed by atoms with Crippen molar-refractivity contribution >= 4 is 50.7 Å². The summed E-state index contributed by atoms with van der Waals surface area (Å²) in [5.74, 6) is -2.48. The number of hydrogen-bond donors (Lipinski definition) is 1. The molecule has 5 nitrogen and oxygen atoms in total. The second-order valence-electron chi connectivity index (χ2n) is 6.75. The van der Waals surface area contributed by atoms with Crippen LogP contribution in [0.5, 0.6) is 0 Å². The van der Waals surface area contributed by atoms with Gasteiger partial charge in [0.2, 0.25) is 0 Å². The van der Waals surface area contributed by atoms with Gasteiger partial charge in [-0.25, -0.2) is 4.39 Å². The molecule has 1 aromatic heterocycles. The van der Waals surface area contributed by atoms with Gasteiger partial charge in [0.25, 0.3) is 11.7 Å². The third-order valence-electron chi connectivity index (χ3n) is 4.87. The molecule has 0 bridgehead atoms. The van der Waals surface area contributed by atoms with Gasteiger partial charge in [0.05, 0.1) is 16.9 Å². The number of anilines is 1. The van der Waals surface area contributed by atoms with Crippen molar-refractivity contribution in [3.05, 3.63) is 92.6 Å². The number of halogens is 3. The number of nitrogens with zero attached hydrogens (tertiary/aromatic N) is 1. The third kappa shape index (κ3) is 3.34. The highest BCUT2D eigenvalue weighted by molar-refractivity contribution is 9.10. The molecule has 0 radical (unpaired) electrons. The van der Waals surface area contributed by atoms with Crippen LogP contribution in [0.4, 0.5) is 10.1 Å². The van der Waals surface area contributed by atoms with Crippen LogP contribution in [0, 0.1) is 12.7 Å². The lowest BCUT2D eigenvalue weighted by Gasteiger charge is -2.23. The standard InChI is InChI=1S/C22H14BrClFNO4/c1-11-9-12(4-6-14(11)23)20(27)18-19(17-3-2-8-30-17)26(22(29)21(18)28)13-5-7-16(25)15(24)10-13/h2-10,19,27H,1H3/b20-18-. The second kappa shape index (κ2) is 7.74. The maximum atomic E-state index is 13.7. The first-order valence-electron chi connectivity index (χ1n) is 8.85. The van der Waals surface area contributed by atoms with Gasteiger partial charge in [-0.15, -0.1) is 0 Å². The lowest BCUT2D eigenvalue weighted by Crippen LogP contribution is -2.29. The number of carbonyl (C=O) groups excluding carboxylic acids is 2. The summed E-state index contributed by atoms with van der Waals surface area (Å²) in [5, 5.41) is 10.8. The maximum Gasteiger partial charge on any atom is 0.300 e. The number of rotatable bonds is 3. The number of aryl methyl sites for hydroxylation is 1. The van der Waals surface area contributed by atoms with Gasteiger partial charge < -0.3 is 9.52 Å². The van der Waals surface area contributed by atoms with E-state index in [4.69, 9.17) is 16.0 Å². The summed E-state index contributed by atoms with van der Waals surface area (Å²) in [6, 6.07) is 10.9. The summed E-state index contributed by atoms with van der Waals surface area (Å²) in [7, 11) is 0. The van der Waals surface area contributed by atoms with Crippen molar-refractivity contribution in [1.82, 2.24) is 0 Å². The monoisotopic (exact) mass is 489 g/mol. The zero-order valence-electron chi connectivity index (χ0n) is 15.5. The fourth-order valence-electron chi connectivity index (χ4n) is 3.40. The van der Waals surface area contributed by atoms with Gasteiger partial charge in [-0.05, 0) is 55.0 Å². The highest BCUT2D eigenvalue weighted by Crippen LogP contribution is 2.43. The number of carbonyl (C=O) groups is 2. The molecule has 2 heterocycles. The van der Waals surface area contributed by atoms with Crippen molar-refractivity contribution in [2.45, 2.75) is 13.0 Å². The first-order valence-corrected chi connectivity index (χ1v) is 10.0. The minimum absolute atomic E-state index is 0.128. The number of amides is 1. The van der Waals surface area contributed by atoms with Crippen LogP contribution < -0.4 is 4.90 Å². The molecular weight excluding hydrogens is 477 g/mol. The van der Waals surface area contributed by atoms with E-state index in [2.05, 4.69) is 15.9 Å². The van der Waals surface area contributed by atoms with Gasteiger partial charge in [-0.3, -0.25) is 14.5 Å². The molecule has 1 aliphatic rings. The van der Waals surface area contributed by atoms with E-state index in [-0.39, 0.29) is 27.8 Å². The highest BCUT2D eigenvalue weighted by atomic mass is 79.9. The number of Topliss-reactive ketones (excluding diaryl/α,β-unsaturated/α-hetero) is 1. The maximum absolute atomic E-state index is 13.7. The molecule has 8 heteroatoms. The fraction of sp³-hybridized carbons (Fsp3) is 0.0909. The van der Waals surface area contributed by atoms with Gasteiger partial charge in [-0.2, -0.15) is 0 Å². The molecule has 152 valence electrons. The minimum Gasteiger partial charge on any atom is -0.507 e. The van der Waals surface area contributed by atoms with Crippen LogP contribution in [0.15, 0.2) is 69.3 Å². The van der Waals surface area contributed by atoms with Crippen molar-refractivity contribution in [2.75, 3.05) is 4.90 Å². The Balaban J connectivity index is 1.93. The molecule has 1 amide bonds. The molecule has 1 atom stereocenters. The summed E-state index contributed by atoms with van der Waals surface area (Å²) in [6.07, 6.45) is 1.40. The van der Waals surface area contributed by atoms with Crippen LogP contribution >= 0.6 is 27.5 Å². The fourth-order valence-corrected chi connectivity index (χ4v) is 3.82. The summed E-state index contributed by atoms with van der Waals surface area (Å²) in [5.41, 5.74) is 1.29. The lowest BCUT2D eigenvalue weighted by molar-refractivity contribution is -0.132. The van der Waals surface area contributed by atoms with Crippen molar-refractivity contribution in [3.63, 3.8) is 0 Å². The van der Waals surface area contributed by atoms with Gasteiger partial charge in [0.1, 0.15) is 23.4 Å². The Morgan fingerprint density at radius 3 is 2.60 bits per heavy atom. The van der Waals surface area contributed by atoms with E-state index in [1.54, 1.807) is 30.3 Å². The molecule has 4 rings (SSSR count). The van der Waals surface area contributed by atoms with Gasteiger partial charge >= 0.3 is 0 Å². The molecule has 1 aliphatic heterocycles. The molecule has 30 heavy (non-hydrogen) atoms. The average molecular weight is 491 g/mol. The molecule has 1 fully saturated rings. The number of hydrogen-bond acceptors (Lipinski definition) is 4. The number of furan rings is 1. The zero-order chi connectivity index (χ0) is 21.6. The Labute approximate surface area is 184 Å². The summed E-state index contributed by atoms with van der Waals surface area (Å²) in [4.78, 5) is 27.0. The Kier molecular flexibility index (Phi) is 5.26. The van der Waals surface area contributed by atoms with E-state index in [1.165, 1.54) is 18.4 Å². The SMILES string of the molecule is Cc1cc(/C(O)=C2/C(=O)C(=O)N(c3ccc(F)c(Cl)c3)C2c2ccco2)ccc1Br. The normalized spacial score (nSPS) is 18.3. The summed E-state index contributed by atoms with van der Waals surface area (Å²) >= 11 is 9.28. The van der Waals surface area contributed by atoms with Crippen LogP contribution in [-0.2, 0) is 9.59 Å². The zero-order valence-corrected chi connectivity index (χ0v) is 17.9. The molecule has 2 aromatic carbocycles. The number of aliphatic hydroxyl groups excluding tert-OH is 1. The number of benzene rings is 2. The van der Waals surface area contributed by atoms with Crippen LogP contribution in [0.3, 0.4) is 0 Å². The van der Waals surface area contributed by atoms with Crippen molar-refractivity contribution in [3.8, 4) is 0 Å². The molecule has 0 saturated carbocycles. The molecule has 0 spiro atoms. The Morgan fingerprint density at radius 1 is 1.20 bits per heavy atom. The Morgan fingerprint density at radius 2 is 1.97 bits per heavy atom. The van der Waals surface area contributed by atoms with Crippen LogP contribution in [0.2, 0.25) is 5.02 Å². The topological polar surface area (TPSA) is 70.8 Å². The average Bonchev–Trinajstić information content (AvgIpc) is 3.33. The Bertz CT molecular complexity index is 1210. The quantitative estimate of drug-likeness (QED) is 0.287. The molecule has 3 aromatic rings. The molecular formula is C22H14BrClFNO4. The smallest absolute Gasteiger partial charge is 0.300 e. The van der Waals surface area contributed by atoms with Gasteiger partial charge in [0.15, 0.2) is 0 Å². The van der Waals surface area contributed by atoms with Crippen molar-refractivity contribution in [2.24, 2.45) is 0 Å². The van der Waals surface area contributed by atoms with E-state index in [9.17, 15) is 19.1 Å². The number of ketones is 1. The summed E-state index contributed by atoms with van der Waals surface area (Å²) < 4.78 is 20.0. The lowest BCUT2D eigenvalue weighted by atomic mass is 9.98. The van der Waals surface area contributed by atoms with Crippen molar-refractivity contribution in [1.29, 1.82) is 0 Å². The molecule has 1 N–H and O–H groups in total. The van der Waals surface area contributed by atoms with E-state index in [1.807, 2.05) is 6.92 Å². The third-order valence-corrected chi connectivity index (χ3v) is 6.05. The van der Waals surface area contributed by atoms with Crippen LogP contribution in [-0.4, -0.2) is 16.8 Å². The van der Waals surface area contributed by atoms with E-state index < -0.39 is 23.5 Å². The molecule has 0 aliphatic carbocycles. The highest BCUT2D eigenvalue weighted by Gasteiger charge is 2.48. The Hall–Kier alpha value is -2.90. The van der Waals surface area contributed by atoms with Crippen molar-refractivity contribution < 1.29 is 23.5 Å². The van der Waals surface area contributed by atoms with E-state index in [0.29, 0.717) is 5.56 Å². The first kappa shape index (κ1) is 20.4.